The first-order chi connectivity index (χ1) is 9.72. The van der Waals surface area contributed by atoms with E-state index in [9.17, 15) is 4.79 Å². The maximum absolute atomic E-state index is 12.1. The molecule has 0 saturated heterocycles. The summed E-state index contributed by atoms with van der Waals surface area (Å²) >= 11 is 0. The lowest BCUT2D eigenvalue weighted by atomic mass is 9.49. The van der Waals surface area contributed by atoms with E-state index < -0.39 is 0 Å². The third-order valence-electron chi connectivity index (χ3n) is 5.87. The van der Waals surface area contributed by atoms with Gasteiger partial charge in [0, 0.05) is 5.92 Å². The van der Waals surface area contributed by atoms with E-state index in [2.05, 4.69) is 36.4 Å². The first kappa shape index (κ1) is 12.4. The second-order valence-corrected chi connectivity index (χ2v) is 7.06. The molecule has 20 heavy (non-hydrogen) atoms. The van der Waals surface area contributed by atoms with Crippen LogP contribution >= 0.6 is 0 Å². The van der Waals surface area contributed by atoms with Gasteiger partial charge in [0.05, 0.1) is 0 Å². The average Bonchev–Trinajstić information content (AvgIpc) is 2.43. The molecule has 1 heteroatoms. The summed E-state index contributed by atoms with van der Waals surface area (Å²) < 4.78 is 0. The highest BCUT2D eigenvalue weighted by Gasteiger charge is 2.52. The fraction of sp³-hybridized carbons (Fsp3) is 0.526. The molecule has 0 aromatic heterocycles. The highest BCUT2D eigenvalue weighted by atomic mass is 16.1. The summed E-state index contributed by atoms with van der Waals surface area (Å²) in [5.74, 6) is 3.63. The predicted octanol–water partition coefficient (Wildman–Crippen LogP) is 4.34. The van der Waals surface area contributed by atoms with Crippen molar-refractivity contribution in [3.63, 3.8) is 0 Å². The van der Waals surface area contributed by atoms with E-state index in [-0.39, 0.29) is 0 Å². The van der Waals surface area contributed by atoms with Gasteiger partial charge in [-0.15, -0.1) is 0 Å². The molecule has 5 rings (SSSR count). The van der Waals surface area contributed by atoms with Crippen molar-refractivity contribution in [1.29, 1.82) is 0 Å². The maximum atomic E-state index is 12.1. The molecule has 0 N–H and O–H groups in total. The highest BCUT2D eigenvalue weighted by Crippen LogP contribution is 2.59. The quantitative estimate of drug-likeness (QED) is 0.778. The van der Waals surface area contributed by atoms with Crippen LogP contribution in [0.2, 0.25) is 0 Å². The smallest absolute Gasteiger partial charge is 0.133 e. The summed E-state index contributed by atoms with van der Waals surface area (Å²) in [4.78, 5) is 12.1. The van der Waals surface area contributed by atoms with Crippen LogP contribution in [0.4, 0.5) is 0 Å². The number of carbonyl (C=O) groups is 1. The van der Waals surface area contributed by atoms with Crippen LogP contribution in [-0.2, 0) is 4.79 Å². The molecular weight excluding hydrogens is 244 g/mol. The monoisotopic (exact) mass is 266 g/mol. The summed E-state index contributed by atoms with van der Waals surface area (Å²) in [7, 11) is 0. The van der Waals surface area contributed by atoms with Gasteiger partial charge in [0.25, 0.3) is 0 Å². The SMILES string of the molecule is CC(=O)C1C2CC3CC(C2)C(=Cc2ccccc2)C1C3. The lowest BCUT2D eigenvalue weighted by Gasteiger charge is -2.55. The molecule has 0 radical (unpaired) electrons. The number of Topliss-reactive ketones (excluding diaryl/α,β-unsaturated/α-hetero) is 1. The minimum Gasteiger partial charge on any atom is -0.300 e. The van der Waals surface area contributed by atoms with Crippen LogP contribution < -0.4 is 0 Å². The molecule has 0 spiro atoms. The molecule has 1 nitrogen and oxygen atoms in total. The molecular formula is C19H22O. The lowest BCUT2D eigenvalue weighted by Crippen LogP contribution is -2.48. The van der Waals surface area contributed by atoms with Crippen LogP contribution in [0.1, 0.15) is 38.2 Å². The molecule has 4 fully saturated rings. The lowest BCUT2D eigenvalue weighted by molar-refractivity contribution is -0.129. The number of hydrogen-bond donors (Lipinski definition) is 0. The van der Waals surface area contributed by atoms with Gasteiger partial charge in [-0.3, -0.25) is 4.79 Å². The number of hydrogen-bond acceptors (Lipinski definition) is 1. The van der Waals surface area contributed by atoms with Crippen LogP contribution in [0.5, 0.6) is 0 Å². The number of allylic oxidation sites excluding steroid dienone is 1. The minimum absolute atomic E-state index is 0.317. The van der Waals surface area contributed by atoms with E-state index in [0.717, 1.165) is 11.8 Å². The maximum Gasteiger partial charge on any atom is 0.133 e. The van der Waals surface area contributed by atoms with Gasteiger partial charge in [-0.1, -0.05) is 42.0 Å². The Labute approximate surface area is 121 Å². The van der Waals surface area contributed by atoms with Crippen LogP contribution in [0.25, 0.3) is 6.08 Å². The fourth-order valence-corrected chi connectivity index (χ4v) is 5.30. The molecule has 0 aliphatic heterocycles. The Bertz CT molecular complexity index is 556. The van der Waals surface area contributed by atoms with Crippen LogP contribution in [-0.4, -0.2) is 5.78 Å². The molecule has 5 unspecified atom stereocenters. The minimum atomic E-state index is 0.317. The first-order valence-electron chi connectivity index (χ1n) is 7.99. The van der Waals surface area contributed by atoms with Gasteiger partial charge >= 0.3 is 0 Å². The average molecular weight is 266 g/mol. The second-order valence-electron chi connectivity index (χ2n) is 7.06. The van der Waals surface area contributed by atoms with Crippen molar-refractivity contribution in [3.05, 3.63) is 41.5 Å². The number of carbonyl (C=O) groups excluding carboxylic acids is 1. The Morgan fingerprint density at radius 1 is 1.10 bits per heavy atom. The van der Waals surface area contributed by atoms with Gasteiger partial charge in [0.2, 0.25) is 0 Å². The summed E-state index contributed by atoms with van der Waals surface area (Å²) in [6.45, 7) is 1.81. The zero-order chi connectivity index (χ0) is 13.7. The summed E-state index contributed by atoms with van der Waals surface area (Å²) in [5, 5.41) is 0. The Kier molecular flexibility index (Phi) is 2.83. The molecule has 5 atom stereocenters. The van der Waals surface area contributed by atoms with E-state index in [1.54, 1.807) is 5.57 Å². The molecule has 1 aromatic rings. The van der Waals surface area contributed by atoms with Crippen molar-refractivity contribution in [2.75, 3.05) is 0 Å². The summed E-state index contributed by atoms with van der Waals surface area (Å²) in [5.41, 5.74) is 2.89. The van der Waals surface area contributed by atoms with Crippen LogP contribution in [0, 0.1) is 29.6 Å². The predicted molar refractivity (Wildman–Crippen MR) is 81.0 cm³/mol. The number of ketones is 1. The Balaban J connectivity index is 1.73. The van der Waals surface area contributed by atoms with Gasteiger partial charge < -0.3 is 0 Å². The van der Waals surface area contributed by atoms with Crippen LogP contribution in [0.3, 0.4) is 0 Å². The van der Waals surface area contributed by atoms with Crippen molar-refractivity contribution in [1.82, 2.24) is 0 Å². The van der Waals surface area contributed by atoms with Gasteiger partial charge in [0.1, 0.15) is 5.78 Å². The van der Waals surface area contributed by atoms with E-state index in [1.165, 1.54) is 31.2 Å². The second kappa shape index (κ2) is 4.58. The Morgan fingerprint density at radius 3 is 2.65 bits per heavy atom. The standard InChI is InChI=1S/C19H22O/c1-12(20)19-16-8-14-7-15(11-16)17(18(19)10-14)9-13-5-3-2-4-6-13/h2-6,9,14-16,18-19H,7-8,10-11H2,1H3. The fourth-order valence-electron chi connectivity index (χ4n) is 5.30. The zero-order valence-corrected chi connectivity index (χ0v) is 12.1. The molecule has 4 saturated carbocycles. The molecule has 0 amide bonds. The van der Waals surface area contributed by atoms with E-state index in [4.69, 9.17) is 0 Å². The zero-order valence-electron chi connectivity index (χ0n) is 12.1. The largest absolute Gasteiger partial charge is 0.300 e. The van der Waals surface area contributed by atoms with Gasteiger partial charge in [-0.25, -0.2) is 0 Å². The van der Waals surface area contributed by atoms with Crippen molar-refractivity contribution in [3.8, 4) is 0 Å². The van der Waals surface area contributed by atoms with E-state index in [1.807, 2.05) is 6.92 Å². The van der Waals surface area contributed by atoms with Crippen molar-refractivity contribution >= 4 is 11.9 Å². The van der Waals surface area contributed by atoms with Gasteiger partial charge in [0.15, 0.2) is 0 Å². The summed E-state index contributed by atoms with van der Waals surface area (Å²) in [6, 6.07) is 10.6. The third kappa shape index (κ3) is 1.87. The summed E-state index contributed by atoms with van der Waals surface area (Å²) in [6.07, 6.45) is 7.60. The van der Waals surface area contributed by atoms with E-state index >= 15 is 0 Å². The Hall–Kier alpha value is -1.37. The Morgan fingerprint density at radius 2 is 1.90 bits per heavy atom. The highest BCUT2D eigenvalue weighted by molar-refractivity contribution is 5.80. The third-order valence-corrected chi connectivity index (χ3v) is 5.87. The molecule has 4 bridgehead atoms. The van der Waals surface area contributed by atoms with Crippen molar-refractivity contribution in [2.24, 2.45) is 29.6 Å². The first-order valence-corrected chi connectivity index (χ1v) is 7.99. The topological polar surface area (TPSA) is 17.1 Å². The van der Waals surface area contributed by atoms with Gasteiger partial charge in [-0.05, 0) is 61.8 Å². The molecule has 4 aliphatic rings. The van der Waals surface area contributed by atoms with Crippen molar-refractivity contribution in [2.45, 2.75) is 32.6 Å². The van der Waals surface area contributed by atoms with E-state index in [0.29, 0.717) is 23.5 Å². The van der Waals surface area contributed by atoms with Crippen molar-refractivity contribution < 1.29 is 4.79 Å². The molecule has 1 aromatic carbocycles. The van der Waals surface area contributed by atoms with Crippen LogP contribution in [0.15, 0.2) is 35.9 Å². The molecule has 4 aliphatic carbocycles. The normalized spacial score (nSPS) is 40.2. The molecule has 104 valence electrons. The number of rotatable bonds is 2. The van der Waals surface area contributed by atoms with Gasteiger partial charge in [-0.2, -0.15) is 0 Å². The molecule has 0 heterocycles. The number of benzene rings is 1.